The Kier molecular flexibility index (Phi) is 2.33. The van der Waals surface area contributed by atoms with Gasteiger partial charge in [-0.2, -0.15) is 0 Å². The molecule has 4 nitrogen and oxygen atoms in total. The lowest BCUT2D eigenvalue weighted by molar-refractivity contribution is 0.403. The summed E-state index contributed by atoms with van der Waals surface area (Å²) in [5.41, 5.74) is 1.71. The summed E-state index contributed by atoms with van der Waals surface area (Å²) in [5, 5.41) is 18.4. The standard InChI is InChI=1S/C11H11NO3/c1-7-9(12-6-15-7)4-8-2-3-10(13)11(14)5-8/h2-3,5-6,13-14H,4H2,1H3. The molecule has 0 unspecified atom stereocenters. The van der Waals surface area contributed by atoms with E-state index in [1.54, 1.807) is 6.07 Å². The van der Waals surface area contributed by atoms with Gasteiger partial charge in [0.2, 0.25) is 0 Å². The normalized spacial score (nSPS) is 10.5. The molecule has 2 N–H and O–H groups in total. The third kappa shape index (κ3) is 1.93. The molecule has 0 amide bonds. The lowest BCUT2D eigenvalue weighted by Crippen LogP contribution is -1.90. The second kappa shape index (κ2) is 3.65. The zero-order valence-corrected chi connectivity index (χ0v) is 8.27. The number of aromatic nitrogens is 1. The van der Waals surface area contributed by atoms with Crippen LogP contribution in [0.4, 0.5) is 0 Å². The molecule has 0 bridgehead atoms. The highest BCUT2D eigenvalue weighted by molar-refractivity contribution is 5.41. The number of phenols is 2. The van der Waals surface area contributed by atoms with Gasteiger partial charge in [-0.25, -0.2) is 4.98 Å². The number of benzene rings is 1. The summed E-state index contributed by atoms with van der Waals surface area (Å²) in [6, 6.07) is 4.71. The van der Waals surface area contributed by atoms with Gasteiger partial charge >= 0.3 is 0 Å². The molecule has 0 aliphatic heterocycles. The highest BCUT2D eigenvalue weighted by atomic mass is 16.3. The predicted molar refractivity (Wildman–Crippen MR) is 53.8 cm³/mol. The number of hydrogen-bond donors (Lipinski definition) is 2. The van der Waals surface area contributed by atoms with E-state index in [4.69, 9.17) is 9.52 Å². The number of oxazole rings is 1. The SMILES string of the molecule is Cc1ocnc1Cc1ccc(O)c(O)c1. The van der Waals surface area contributed by atoms with Gasteiger partial charge < -0.3 is 14.6 Å². The Hall–Kier alpha value is -1.97. The molecule has 1 aromatic carbocycles. The van der Waals surface area contributed by atoms with Crippen LogP contribution in [0.15, 0.2) is 29.0 Å². The minimum Gasteiger partial charge on any atom is -0.504 e. The van der Waals surface area contributed by atoms with Crippen LogP contribution in [0.1, 0.15) is 17.0 Å². The molecule has 0 radical (unpaired) electrons. The molecule has 0 saturated heterocycles. The van der Waals surface area contributed by atoms with E-state index in [-0.39, 0.29) is 11.5 Å². The summed E-state index contributed by atoms with van der Waals surface area (Å²) in [6.45, 7) is 1.84. The van der Waals surface area contributed by atoms with E-state index in [0.717, 1.165) is 17.0 Å². The quantitative estimate of drug-likeness (QED) is 0.736. The minimum absolute atomic E-state index is 0.115. The summed E-state index contributed by atoms with van der Waals surface area (Å²) >= 11 is 0. The van der Waals surface area contributed by atoms with Crippen LogP contribution in [-0.4, -0.2) is 15.2 Å². The van der Waals surface area contributed by atoms with Gasteiger partial charge in [0.05, 0.1) is 5.69 Å². The number of rotatable bonds is 2. The van der Waals surface area contributed by atoms with Gasteiger partial charge in [0.1, 0.15) is 5.76 Å². The second-order valence-corrected chi connectivity index (χ2v) is 3.36. The van der Waals surface area contributed by atoms with Crippen LogP contribution in [0.25, 0.3) is 0 Å². The number of aryl methyl sites for hydroxylation is 1. The maximum absolute atomic E-state index is 9.30. The largest absolute Gasteiger partial charge is 0.504 e. The Balaban J connectivity index is 2.25. The van der Waals surface area contributed by atoms with Crippen LogP contribution in [0.3, 0.4) is 0 Å². The predicted octanol–water partition coefficient (Wildman–Crippen LogP) is 1.99. The first-order chi connectivity index (χ1) is 7.16. The van der Waals surface area contributed by atoms with Crippen LogP contribution < -0.4 is 0 Å². The Labute approximate surface area is 86.8 Å². The Morgan fingerprint density at radius 1 is 1.27 bits per heavy atom. The summed E-state index contributed by atoms with van der Waals surface area (Å²) in [5.74, 6) is 0.534. The Bertz CT molecular complexity index is 476. The zero-order valence-electron chi connectivity index (χ0n) is 8.27. The average molecular weight is 205 g/mol. The molecule has 1 aromatic heterocycles. The highest BCUT2D eigenvalue weighted by Gasteiger charge is 2.06. The van der Waals surface area contributed by atoms with Gasteiger partial charge in [0.15, 0.2) is 17.9 Å². The maximum Gasteiger partial charge on any atom is 0.181 e. The first-order valence-electron chi connectivity index (χ1n) is 4.56. The number of nitrogens with zero attached hydrogens (tertiary/aromatic N) is 1. The van der Waals surface area contributed by atoms with Crippen LogP contribution in [0, 0.1) is 6.92 Å². The van der Waals surface area contributed by atoms with Crippen molar-refractivity contribution in [3.63, 3.8) is 0 Å². The molecule has 0 spiro atoms. The maximum atomic E-state index is 9.30. The molecule has 4 heteroatoms. The van der Waals surface area contributed by atoms with Crippen molar-refractivity contribution in [2.45, 2.75) is 13.3 Å². The monoisotopic (exact) mass is 205 g/mol. The fourth-order valence-electron chi connectivity index (χ4n) is 1.37. The lowest BCUT2D eigenvalue weighted by atomic mass is 10.1. The molecule has 1 heterocycles. The first kappa shape index (κ1) is 9.58. The average Bonchev–Trinajstić information content (AvgIpc) is 2.59. The Morgan fingerprint density at radius 2 is 2.07 bits per heavy atom. The van der Waals surface area contributed by atoms with Crippen LogP contribution in [0.5, 0.6) is 11.5 Å². The van der Waals surface area contributed by atoms with Gasteiger partial charge in [-0.05, 0) is 24.6 Å². The molecular formula is C11H11NO3. The summed E-state index contributed by atoms with van der Waals surface area (Å²) < 4.78 is 5.07. The van der Waals surface area contributed by atoms with Gasteiger partial charge in [-0.15, -0.1) is 0 Å². The molecule has 2 rings (SSSR count). The van der Waals surface area contributed by atoms with Gasteiger partial charge in [-0.1, -0.05) is 6.07 Å². The fraction of sp³-hybridized carbons (Fsp3) is 0.182. The van der Waals surface area contributed by atoms with E-state index in [0.29, 0.717) is 6.42 Å². The lowest BCUT2D eigenvalue weighted by Gasteiger charge is -2.01. The smallest absolute Gasteiger partial charge is 0.181 e. The van der Waals surface area contributed by atoms with Crippen LogP contribution in [-0.2, 0) is 6.42 Å². The number of aromatic hydroxyl groups is 2. The molecule has 15 heavy (non-hydrogen) atoms. The van der Waals surface area contributed by atoms with E-state index in [1.165, 1.54) is 18.5 Å². The van der Waals surface area contributed by atoms with Crippen molar-refractivity contribution >= 4 is 0 Å². The molecule has 0 aliphatic carbocycles. The molecule has 0 atom stereocenters. The molecule has 2 aromatic rings. The van der Waals surface area contributed by atoms with Crippen molar-refractivity contribution in [3.05, 3.63) is 41.6 Å². The van der Waals surface area contributed by atoms with Crippen LogP contribution in [0.2, 0.25) is 0 Å². The molecular weight excluding hydrogens is 194 g/mol. The molecule has 0 fully saturated rings. The number of phenolic OH excluding ortho intramolecular Hbond substituents is 2. The van der Waals surface area contributed by atoms with Crippen molar-refractivity contribution < 1.29 is 14.6 Å². The summed E-state index contributed by atoms with van der Waals surface area (Å²) in [6.07, 6.45) is 1.97. The summed E-state index contributed by atoms with van der Waals surface area (Å²) in [4.78, 5) is 4.05. The second-order valence-electron chi connectivity index (χ2n) is 3.36. The van der Waals surface area contributed by atoms with Crippen molar-refractivity contribution in [1.29, 1.82) is 0 Å². The third-order valence-electron chi connectivity index (χ3n) is 2.26. The van der Waals surface area contributed by atoms with E-state index in [1.807, 2.05) is 6.92 Å². The van der Waals surface area contributed by atoms with Crippen molar-refractivity contribution in [2.24, 2.45) is 0 Å². The van der Waals surface area contributed by atoms with E-state index in [9.17, 15) is 5.11 Å². The van der Waals surface area contributed by atoms with E-state index < -0.39 is 0 Å². The van der Waals surface area contributed by atoms with Gasteiger partial charge in [-0.3, -0.25) is 0 Å². The topological polar surface area (TPSA) is 66.5 Å². The summed E-state index contributed by atoms with van der Waals surface area (Å²) in [7, 11) is 0. The number of hydrogen-bond acceptors (Lipinski definition) is 4. The van der Waals surface area contributed by atoms with Gasteiger partial charge in [0, 0.05) is 6.42 Å². The molecule has 0 saturated carbocycles. The molecule has 0 aliphatic rings. The third-order valence-corrected chi connectivity index (χ3v) is 2.26. The minimum atomic E-state index is -0.117. The van der Waals surface area contributed by atoms with Crippen molar-refractivity contribution in [1.82, 2.24) is 4.98 Å². The fourth-order valence-corrected chi connectivity index (χ4v) is 1.37. The highest BCUT2D eigenvalue weighted by Crippen LogP contribution is 2.26. The van der Waals surface area contributed by atoms with Gasteiger partial charge in [0.25, 0.3) is 0 Å². The van der Waals surface area contributed by atoms with E-state index >= 15 is 0 Å². The van der Waals surface area contributed by atoms with Crippen molar-refractivity contribution in [2.75, 3.05) is 0 Å². The Morgan fingerprint density at radius 3 is 2.67 bits per heavy atom. The van der Waals surface area contributed by atoms with E-state index in [2.05, 4.69) is 4.98 Å². The van der Waals surface area contributed by atoms with Crippen molar-refractivity contribution in [3.8, 4) is 11.5 Å². The van der Waals surface area contributed by atoms with Crippen LogP contribution >= 0.6 is 0 Å². The molecule has 78 valence electrons. The zero-order chi connectivity index (χ0) is 10.8. The first-order valence-corrected chi connectivity index (χ1v) is 4.56.